The molecule has 5 heteroatoms. The molecule has 0 radical (unpaired) electrons. The van der Waals surface area contributed by atoms with Gasteiger partial charge in [-0.15, -0.1) is 0 Å². The van der Waals surface area contributed by atoms with Gasteiger partial charge in [0.05, 0.1) is 0 Å². The molecular weight excluding hydrogens is 324 g/mol. The highest BCUT2D eigenvalue weighted by atomic mass is 16.3. The van der Waals surface area contributed by atoms with Crippen LogP contribution in [0.25, 0.3) is 22.1 Å². The number of anilines is 2. The highest BCUT2D eigenvalue weighted by Gasteiger charge is 2.23. The third kappa shape index (κ3) is 2.47. The highest BCUT2D eigenvalue weighted by molar-refractivity contribution is 6.05. The largest absolute Gasteiger partial charge is 0.450 e. The predicted molar refractivity (Wildman–Crippen MR) is 105 cm³/mol. The molecule has 0 saturated carbocycles. The van der Waals surface area contributed by atoms with Crippen molar-refractivity contribution >= 4 is 33.6 Å². The van der Waals surface area contributed by atoms with E-state index in [2.05, 4.69) is 51.2 Å². The molecule has 2 aromatic heterocycles. The van der Waals surface area contributed by atoms with Crippen molar-refractivity contribution in [3.63, 3.8) is 0 Å². The van der Waals surface area contributed by atoms with Crippen molar-refractivity contribution in [2.24, 2.45) is 0 Å². The molecule has 0 unspecified atom stereocenters. The second-order valence-electron chi connectivity index (χ2n) is 6.68. The molecule has 1 aliphatic rings. The number of furan rings is 1. The second-order valence-corrected chi connectivity index (χ2v) is 6.68. The van der Waals surface area contributed by atoms with Crippen LogP contribution < -0.4 is 9.80 Å². The normalized spacial score (nSPS) is 15.1. The van der Waals surface area contributed by atoms with Crippen LogP contribution in [0.3, 0.4) is 0 Å². The van der Waals surface area contributed by atoms with E-state index in [4.69, 9.17) is 9.40 Å². The molecule has 5 nitrogen and oxygen atoms in total. The number of benzene rings is 2. The van der Waals surface area contributed by atoms with E-state index in [9.17, 15) is 0 Å². The molecule has 0 amide bonds. The van der Waals surface area contributed by atoms with E-state index < -0.39 is 0 Å². The van der Waals surface area contributed by atoms with Crippen LogP contribution in [0.4, 0.5) is 11.5 Å². The van der Waals surface area contributed by atoms with E-state index in [1.807, 2.05) is 25.1 Å². The van der Waals surface area contributed by atoms with Crippen LogP contribution in [0.15, 0.2) is 59.0 Å². The molecule has 0 N–H and O–H groups in total. The van der Waals surface area contributed by atoms with Gasteiger partial charge in [0.2, 0.25) is 0 Å². The number of piperazine rings is 1. The van der Waals surface area contributed by atoms with Crippen molar-refractivity contribution in [3.05, 3.63) is 60.4 Å². The summed E-state index contributed by atoms with van der Waals surface area (Å²) in [6.07, 6.45) is 0. The van der Waals surface area contributed by atoms with Gasteiger partial charge in [-0.3, -0.25) is 0 Å². The number of para-hydroxylation sites is 2. The summed E-state index contributed by atoms with van der Waals surface area (Å²) in [7, 11) is 0. The van der Waals surface area contributed by atoms with Crippen LogP contribution >= 0.6 is 0 Å². The molecule has 26 heavy (non-hydrogen) atoms. The summed E-state index contributed by atoms with van der Waals surface area (Å²) in [5, 5.41) is 1.05. The standard InChI is InChI=1S/C21H20N4O/c1-15-22-19-17-9-5-6-10-18(17)26-20(19)21(23-15)25-13-11-24(12-14-25)16-7-3-2-4-8-16/h2-10H,11-14H2,1H3. The molecule has 1 fully saturated rings. The molecule has 130 valence electrons. The van der Waals surface area contributed by atoms with Gasteiger partial charge in [0, 0.05) is 37.3 Å². The molecule has 0 aliphatic carbocycles. The first-order chi connectivity index (χ1) is 12.8. The summed E-state index contributed by atoms with van der Waals surface area (Å²) >= 11 is 0. The molecule has 5 rings (SSSR count). The van der Waals surface area contributed by atoms with Crippen LogP contribution in [0.5, 0.6) is 0 Å². The van der Waals surface area contributed by atoms with Gasteiger partial charge in [0.15, 0.2) is 11.4 Å². The van der Waals surface area contributed by atoms with Gasteiger partial charge in [-0.1, -0.05) is 30.3 Å². The summed E-state index contributed by atoms with van der Waals surface area (Å²) < 4.78 is 6.12. The van der Waals surface area contributed by atoms with Crippen LogP contribution in [-0.4, -0.2) is 36.1 Å². The topological polar surface area (TPSA) is 45.4 Å². The Morgan fingerprint density at radius 2 is 1.50 bits per heavy atom. The molecule has 2 aromatic carbocycles. The van der Waals surface area contributed by atoms with E-state index in [1.165, 1.54) is 5.69 Å². The third-order valence-corrected chi connectivity index (χ3v) is 5.01. The zero-order chi connectivity index (χ0) is 17.5. The van der Waals surface area contributed by atoms with Crippen LogP contribution in [0.1, 0.15) is 5.82 Å². The summed E-state index contributed by atoms with van der Waals surface area (Å²) in [4.78, 5) is 14.1. The summed E-state index contributed by atoms with van der Waals surface area (Å²) in [6, 6.07) is 18.6. The minimum atomic E-state index is 0.782. The summed E-state index contributed by atoms with van der Waals surface area (Å²) in [5.74, 6) is 1.70. The van der Waals surface area contributed by atoms with E-state index in [0.29, 0.717) is 0 Å². The lowest BCUT2D eigenvalue weighted by molar-refractivity contribution is 0.628. The summed E-state index contributed by atoms with van der Waals surface area (Å²) in [6.45, 7) is 5.71. The van der Waals surface area contributed by atoms with Gasteiger partial charge in [-0.2, -0.15) is 0 Å². The van der Waals surface area contributed by atoms with Crippen LogP contribution in [0, 0.1) is 6.92 Å². The monoisotopic (exact) mass is 344 g/mol. The number of fused-ring (bicyclic) bond motifs is 3. The maximum absolute atomic E-state index is 6.12. The average Bonchev–Trinajstić information content (AvgIpc) is 3.07. The lowest BCUT2D eigenvalue weighted by atomic mass is 10.2. The Labute approximate surface area is 151 Å². The van der Waals surface area contributed by atoms with Gasteiger partial charge in [0.25, 0.3) is 0 Å². The lowest BCUT2D eigenvalue weighted by Crippen LogP contribution is -2.47. The van der Waals surface area contributed by atoms with Gasteiger partial charge >= 0.3 is 0 Å². The predicted octanol–water partition coefficient (Wildman–Crippen LogP) is 4.01. The van der Waals surface area contributed by atoms with E-state index in [0.717, 1.165) is 59.9 Å². The highest BCUT2D eigenvalue weighted by Crippen LogP contribution is 2.33. The Morgan fingerprint density at radius 3 is 2.31 bits per heavy atom. The number of nitrogens with zero attached hydrogens (tertiary/aromatic N) is 4. The molecule has 3 heterocycles. The van der Waals surface area contributed by atoms with Crippen molar-refractivity contribution in [3.8, 4) is 0 Å². The molecule has 1 aliphatic heterocycles. The van der Waals surface area contributed by atoms with Crippen molar-refractivity contribution < 1.29 is 4.42 Å². The SMILES string of the molecule is Cc1nc(N2CCN(c3ccccc3)CC2)c2oc3ccccc3c2n1. The van der Waals surface area contributed by atoms with Crippen LogP contribution in [-0.2, 0) is 0 Å². The van der Waals surface area contributed by atoms with Gasteiger partial charge in [-0.05, 0) is 31.2 Å². The fourth-order valence-corrected chi connectivity index (χ4v) is 3.71. The first-order valence-electron chi connectivity index (χ1n) is 9.00. The number of aryl methyl sites for hydroxylation is 1. The molecule has 0 bridgehead atoms. The van der Waals surface area contributed by atoms with Crippen molar-refractivity contribution in [2.75, 3.05) is 36.0 Å². The van der Waals surface area contributed by atoms with E-state index in [-0.39, 0.29) is 0 Å². The minimum absolute atomic E-state index is 0.782. The van der Waals surface area contributed by atoms with Crippen molar-refractivity contribution in [2.45, 2.75) is 6.92 Å². The number of hydrogen-bond acceptors (Lipinski definition) is 5. The Morgan fingerprint density at radius 1 is 0.808 bits per heavy atom. The summed E-state index contributed by atoms with van der Waals surface area (Å²) in [5.41, 5.74) is 3.85. The molecule has 0 spiro atoms. The lowest BCUT2D eigenvalue weighted by Gasteiger charge is -2.36. The van der Waals surface area contributed by atoms with E-state index in [1.54, 1.807) is 0 Å². The molecular formula is C21H20N4O. The number of rotatable bonds is 2. The van der Waals surface area contributed by atoms with Crippen molar-refractivity contribution in [1.29, 1.82) is 0 Å². The van der Waals surface area contributed by atoms with Crippen molar-refractivity contribution in [1.82, 2.24) is 9.97 Å². The Hall–Kier alpha value is -3.08. The maximum Gasteiger partial charge on any atom is 0.196 e. The quantitative estimate of drug-likeness (QED) is 0.550. The smallest absolute Gasteiger partial charge is 0.196 e. The second kappa shape index (κ2) is 6.02. The third-order valence-electron chi connectivity index (χ3n) is 5.01. The molecule has 0 atom stereocenters. The van der Waals surface area contributed by atoms with Gasteiger partial charge < -0.3 is 14.2 Å². The maximum atomic E-state index is 6.12. The van der Waals surface area contributed by atoms with Gasteiger partial charge in [0.1, 0.15) is 16.9 Å². The number of aromatic nitrogens is 2. The average molecular weight is 344 g/mol. The Balaban J connectivity index is 1.50. The van der Waals surface area contributed by atoms with Gasteiger partial charge in [-0.25, -0.2) is 9.97 Å². The molecule has 4 aromatic rings. The minimum Gasteiger partial charge on any atom is -0.450 e. The zero-order valence-electron chi connectivity index (χ0n) is 14.7. The zero-order valence-corrected chi connectivity index (χ0v) is 14.7. The first kappa shape index (κ1) is 15.2. The number of hydrogen-bond donors (Lipinski definition) is 0. The fourth-order valence-electron chi connectivity index (χ4n) is 3.71. The van der Waals surface area contributed by atoms with Crippen LogP contribution in [0.2, 0.25) is 0 Å². The van der Waals surface area contributed by atoms with E-state index >= 15 is 0 Å². The Bertz CT molecular complexity index is 1070. The molecule has 1 saturated heterocycles. The Kier molecular flexibility index (Phi) is 3.52. The first-order valence-corrected chi connectivity index (χ1v) is 9.00. The fraction of sp³-hybridized carbons (Fsp3) is 0.238.